The zero-order valence-electron chi connectivity index (χ0n) is 8.91. The average Bonchev–Trinajstić information content (AvgIpc) is 2.20. The van der Waals surface area contributed by atoms with Crippen LogP contribution in [-0.2, 0) is 4.74 Å². The van der Waals surface area contributed by atoms with Crippen molar-refractivity contribution >= 4 is 0 Å². The molecule has 0 aromatic heterocycles. The highest BCUT2D eigenvalue weighted by Gasteiger charge is 2.03. The summed E-state index contributed by atoms with van der Waals surface area (Å²) in [4.78, 5) is 0. The molecule has 1 atom stereocenters. The van der Waals surface area contributed by atoms with E-state index in [9.17, 15) is 5.11 Å². The number of ether oxygens (including phenoxy) is 1. The lowest BCUT2D eigenvalue weighted by Crippen LogP contribution is -2.15. The number of hydrogen-bond acceptors (Lipinski definition) is 2. The molecule has 0 saturated carbocycles. The molecular weight excluding hydrogens is 176 g/mol. The Hall–Kier alpha value is -0.600. The maximum absolute atomic E-state index is 9.42. The molecule has 1 rings (SSSR count). The summed E-state index contributed by atoms with van der Waals surface area (Å²) in [5, 5.41) is 9.42. The Morgan fingerprint density at radius 2 is 2.36 bits per heavy atom. The zero-order valence-corrected chi connectivity index (χ0v) is 8.91. The molecular formula is C12H20O2. The Balaban J connectivity index is 2.08. The second kappa shape index (κ2) is 6.80. The third-order valence-corrected chi connectivity index (χ3v) is 2.27. The molecule has 0 aromatic rings. The van der Waals surface area contributed by atoms with Crippen LogP contribution in [0.5, 0.6) is 0 Å². The van der Waals surface area contributed by atoms with Crippen molar-refractivity contribution in [1.82, 2.24) is 0 Å². The summed E-state index contributed by atoms with van der Waals surface area (Å²) in [7, 11) is 0. The third-order valence-electron chi connectivity index (χ3n) is 2.27. The molecule has 0 amide bonds. The number of rotatable bonds is 6. The van der Waals surface area contributed by atoms with Crippen molar-refractivity contribution in [2.45, 2.75) is 38.7 Å². The van der Waals surface area contributed by atoms with Gasteiger partial charge in [-0.2, -0.15) is 0 Å². The minimum Gasteiger partial charge on any atom is -0.391 e. The zero-order chi connectivity index (χ0) is 10.2. The SMILES string of the molecule is CCCC(O)COCC1=CCCC=C1. The Morgan fingerprint density at radius 1 is 1.50 bits per heavy atom. The van der Waals surface area contributed by atoms with Crippen molar-refractivity contribution in [3.8, 4) is 0 Å². The van der Waals surface area contributed by atoms with Gasteiger partial charge in [0.25, 0.3) is 0 Å². The van der Waals surface area contributed by atoms with E-state index in [1.807, 2.05) is 0 Å². The molecule has 0 saturated heterocycles. The fourth-order valence-electron chi connectivity index (χ4n) is 1.50. The second-order valence-corrected chi connectivity index (χ2v) is 3.72. The van der Waals surface area contributed by atoms with Gasteiger partial charge < -0.3 is 9.84 Å². The van der Waals surface area contributed by atoms with Crippen molar-refractivity contribution in [1.29, 1.82) is 0 Å². The van der Waals surface area contributed by atoms with Crippen LogP contribution >= 0.6 is 0 Å². The van der Waals surface area contributed by atoms with Crippen molar-refractivity contribution in [2.24, 2.45) is 0 Å². The normalized spacial score (nSPS) is 18.0. The molecule has 2 nitrogen and oxygen atoms in total. The summed E-state index contributed by atoms with van der Waals surface area (Å²) < 4.78 is 5.42. The van der Waals surface area contributed by atoms with E-state index >= 15 is 0 Å². The van der Waals surface area contributed by atoms with Gasteiger partial charge in [0.05, 0.1) is 19.3 Å². The van der Waals surface area contributed by atoms with Crippen LogP contribution in [0, 0.1) is 0 Å². The molecule has 1 unspecified atom stereocenters. The van der Waals surface area contributed by atoms with Gasteiger partial charge in [0.1, 0.15) is 0 Å². The van der Waals surface area contributed by atoms with E-state index in [1.54, 1.807) is 0 Å². The van der Waals surface area contributed by atoms with Crippen LogP contribution in [0.1, 0.15) is 32.6 Å². The van der Waals surface area contributed by atoms with E-state index in [1.165, 1.54) is 5.57 Å². The van der Waals surface area contributed by atoms with E-state index in [0.29, 0.717) is 13.2 Å². The first kappa shape index (κ1) is 11.5. The summed E-state index contributed by atoms with van der Waals surface area (Å²) in [5.74, 6) is 0. The van der Waals surface area contributed by atoms with Crippen LogP contribution in [0.15, 0.2) is 23.8 Å². The largest absolute Gasteiger partial charge is 0.391 e. The molecule has 0 radical (unpaired) electrons. The van der Waals surface area contributed by atoms with Crippen LogP contribution in [0.4, 0.5) is 0 Å². The number of hydrogen-bond donors (Lipinski definition) is 1. The Labute approximate surface area is 86.3 Å². The molecule has 0 heterocycles. The molecule has 0 aliphatic heterocycles. The lowest BCUT2D eigenvalue weighted by molar-refractivity contribution is 0.0423. The monoisotopic (exact) mass is 196 g/mol. The van der Waals surface area contributed by atoms with Gasteiger partial charge in [-0.25, -0.2) is 0 Å². The van der Waals surface area contributed by atoms with E-state index in [4.69, 9.17) is 4.74 Å². The average molecular weight is 196 g/mol. The minimum absolute atomic E-state index is 0.298. The van der Waals surface area contributed by atoms with Crippen LogP contribution in [0.2, 0.25) is 0 Å². The first-order valence-electron chi connectivity index (χ1n) is 5.44. The standard InChI is InChI=1S/C12H20O2/c1-2-6-12(13)10-14-9-11-7-4-3-5-8-11/h4,7-8,12-13H,2-3,5-6,9-10H2,1H3. The van der Waals surface area contributed by atoms with Crippen LogP contribution in [-0.4, -0.2) is 24.4 Å². The summed E-state index contributed by atoms with van der Waals surface area (Å²) in [6.45, 7) is 3.16. The topological polar surface area (TPSA) is 29.5 Å². The predicted molar refractivity (Wildman–Crippen MR) is 58.2 cm³/mol. The van der Waals surface area contributed by atoms with E-state index in [2.05, 4.69) is 25.2 Å². The van der Waals surface area contributed by atoms with Crippen molar-refractivity contribution in [3.63, 3.8) is 0 Å². The van der Waals surface area contributed by atoms with Gasteiger partial charge in [0.2, 0.25) is 0 Å². The molecule has 2 heteroatoms. The van der Waals surface area contributed by atoms with Gasteiger partial charge in [0.15, 0.2) is 0 Å². The quantitative estimate of drug-likeness (QED) is 0.707. The Morgan fingerprint density at radius 3 is 3.00 bits per heavy atom. The molecule has 0 bridgehead atoms. The molecule has 0 fully saturated rings. The van der Waals surface area contributed by atoms with Crippen LogP contribution in [0.3, 0.4) is 0 Å². The van der Waals surface area contributed by atoms with Gasteiger partial charge in [-0.05, 0) is 24.8 Å². The number of aliphatic hydroxyl groups excluding tert-OH is 1. The first-order chi connectivity index (χ1) is 6.83. The van der Waals surface area contributed by atoms with Gasteiger partial charge in [-0.15, -0.1) is 0 Å². The molecule has 0 spiro atoms. The summed E-state index contributed by atoms with van der Waals surface area (Å²) in [6.07, 6.45) is 10.3. The lowest BCUT2D eigenvalue weighted by atomic mass is 10.1. The Bertz CT molecular complexity index is 206. The number of allylic oxidation sites excluding steroid dienone is 2. The highest BCUT2D eigenvalue weighted by molar-refractivity contribution is 5.22. The van der Waals surface area contributed by atoms with Gasteiger partial charge in [-0.3, -0.25) is 0 Å². The number of aliphatic hydroxyl groups is 1. The van der Waals surface area contributed by atoms with Crippen molar-refractivity contribution in [3.05, 3.63) is 23.8 Å². The lowest BCUT2D eigenvalue weighted by Gasteiger charge is -2.11. The molecule has 14 heavy (non-hydrogen) atoms. The van der Waals surface area contributed by atoms with Gasteiger partial charge in [0, 0.05) is 0 Å². The summed E-state index contributed by atoms with van der Waals surface area (Å²) in [5.41, 5.74) is 1.24. The second-order valence-electron chi connectivity index (χ2n) is 3.72. The molecule has 80 valence electrons. The van der Waals surface area contributed by atoms with E-state index in [0.717, 1.165) is 25.7 Å². The van der Waals surface area contributed by atoms with E-state index < -0.39 is 0 Å². The van der Waals surface area contributed by atoms with Gasteiger partial charge in [-0.1, -0.05) is 31.6 Å². The van der Waals surface area contributed by atoms with E-state index in [-0.39, 0.29) is 6.10 Å². The maximum Gasteiger partial charge on any atom is 0.0773 e. The molecule has 1 aliphatic rings. The van der Waals surface area contributed by atoms with Crippen LogP contribution < -0.4 is 0 Å². The summed E-state index contributed by atoms with van der Waals surface area (Å²) >= 11 is 0. The Kier molecular flexibility index (Phi) is 5.57. The van der Waals surface area contributed by atoms with Crippen molar-refractivity contribution < 1.29 is 9.84 Å². The van der Waals surface area contributed by atoms with Gasteiger partial charge >= 0.3 is 0 Å². The smallest absolute Gasteiger partial charge is 0.0773 e. The van der Waals surface area contributed by atoms with Crippen LogP contribution in [0.25, 0.3) is 0 Å². The molecule has 0 aromatic carbocycles. The highest BCUT2D eigenvalue weighted by atomic mass is 16.5. The highest BCUT2D eigenvalue weighted by Crippen LogP contribution is 2.09. The first-order valence-corrected chi connectivity index (χ1v) is 5.44. The predicted octanol–water partition coefficient (Wildman–Crippen LogP) is 2.44. The third kappa shape index (κ3) is 4.58. The minimum atomic E-state index is -0.298. The molecule has 1 aliphatic carbocycles. The maximum atomic E-state index is 9.42. The van der Waals surface area contributed by atoms with Crippen molar-refractivity contribution in [2.75, 3.05) is 13.2 Å². The summed E-state index contributed by atoms with van der Waals surface area (Å²) in [6, 6.07) is 0. The molecule has 1 N–H and O–H groups in total. The fourth-order valence-corrected chi connectivity index (χ4v) is 1.50. The fraction of sp³-hybridized carbons (Fsp3) is 0.667.